The predicted molar refractivity (Wildman–Crippen MR) is 104 cm³/mol. The molecule has 0 atom stereocenters. The summed E-state index contributed by atoms with van der Waals surface area (Å²) in [5.41, 5.74) is 4.68. The van der Waals surface area contributed by atoms with Gasteiger partial charge in [-0.2, -0.15) is 5.10 Å². The zero-order valence-electron chi connectivity index (χ0n) is 16.0. The van der Waals surface area contributed by atoms with Crippen LogP contribution in [-0.4, -0.2) is 68.2 Å². The first kappa shape index (κ1) is 17.6. The maximum atomic E-state index is 13.0. The molecule has 0 saturated carbocycles. The first-order valence-corrected chi connectivity index (χ1v) is 9.39. The van der Waals surface area contributed by atoms with Gasteiger partial charge in [0.05, 0.1) is 17.0 Å². The Morgan fingerprint density at radius 1 is 1.04 bits per heavy atom. The van der Waals surface area contributed by atoms with Crippen molar-refractivity contribution >= 4 is 11.6 Å². The zero-order valence-corrected chi connectivity index (χ0v) is 16.0. The first-order valence-electron chi connectivity index (χ1n) is 9.39. The van der Waals surface area contributed by atoms with E-state index in [1.807, 2.05) is 49.1 Å². The van der Waals surface area contributed by atoms with Crippen LogP contribution in [0.3, 0.4) is 0 Å². The molecule has 0 unspecified atom stereocenters. The van der Waals surface area contributed by atoms with Gasteiger partial charge in [0, 0.05) is 26.2 Å². The fourth-order valence-corrected chi connectivity index (χ4v) is 3.67. The van der Waals surface area contributed by atoms with Gasteiger partial charge in [-0.1, -0.05) is 37.3 Å². The number of carbonyl (C=O) groups excluding carboxylic acids is 1. The van der Waals surface area contributed by atoms with Crippen molar-refractivity contribution in [3.63, 3.8) is 0 Å². The summed E-state index contributed by atoms with van der Waals surface area (Å²) in [6, 6.07) is 10.0. The minimum Gasteiger partial charge on any atom is -0.335 e. The molecule has 1 amide bonds. The van der Waals surface area contributed by atoms with E-state index in [0.29, 0.717) is 11.3 Å². The predicted octanol–water partition coefficient (Wildman–Crippen LogP) is 2.19. The van der Waals surface area contributed by atoms with Gasteiger partial charge in [0.25, 0.3) is 5.91 Å². The third-order valence-corrected chi connectivity index (χ3v) is 5.31. The fourth-order valence-electron chi connectivity index (χ4n) is 3.67. The molecule has 2 aromatic heterocycles. The van der Waals surface area contributed by atoms with E-state index in [9.17, 15) is 4.79 Å². The number of nitrogens with zero attached hydrogens (tertiary/aromatic N) is 6. The number of hydrogen-bond donors (Lipinski definition) is 0. The van der Waals surface area contributed by atoms with Crippen LogP contribution in [0.5, 0.6) is 0 Å². The van der Waals surface area contributed by atoms with Crippen LogP contribution in [0.4, 0.5) is 0 Å². The topological polar surface area (TPSA) is 66.6 Å². The highest BCUT2D eigenvalue weighted by Crippen LogP contribution is 2.27. The van der Waals surface area contributed by atoms with Crippen molar-refractivity contribution < 1.29 is 4.79 Å². The molecule has 1 saturated heterocycles. The van der Waals surface area contributed by atoms with Crippen molar-refractivity contribution in [3.05, 3.63) is 47.4 Å². The number of amides is 1. The molecular formula is C20H24N6O. The molecule has 0 bridgehead atoms. The van der Waals surface area contributed by atoms with Crippen LogP contribution in [0.25, 0.3) is 16.8 Å². The number of aryl methyl sites for hydroxylation is 2. The Bertz CT molecular complexity index is 973. The number of piperazine rings is 1. The maximum absolute atomic E-state index is 13.0. The summed E-state index contributed by atoms with van der Waals surface area (Å²) >= 11 is 0. The SMILES string of the molecule is CCN1CCN(C(=O)c2nnc3c(-c4ccccc4)c(C)nn3c2C)CC1. The normalized spacial score (nSPS) is 15.4. The molecule has 0 spiro atoms. The average molecular weight is 364 g/mol. The van der Waals surface area contributed by atoms with Crippen molar-refractivity contribution in [3.8, 4) is 11.1 Å². The molecule has 0 radical (unpaired) electrons. The Labute approximate surface area is 158 Å². The lowest BCUT2D eigenvalue weighted by Crippen LogP contribution is -2.48. The maximum Gasteiger partial charge on any atom is 0.276 e. The van der Waals surface area contributed by atoms with E-state index in [0.717, 1.165) is 55.2 Å². The van der Waals surface area contributed by atoms with Crippen molar-refractivity contribution in [2.75, 3.05) is 32.7 Å². The van der Waals surface area contributed by atoms with E-state index in [4.69, 9.17) is 0 Å². The van der Waals surface area contributed by atoms with E-state index in [1.165, 1.54) is 0 Å². The number of fused-ring (bicyclic) bond motifs is 1. The highest BCUT2D eigenvalue weighted by atomic mass is 16.2. The summed E-state index contributed by atoms with van der Waals surface area (Å²) in [6.45, 7) is 10.2. The number of likely N-dealkylation sites (N-methyl/N-ethyl adjacent to an activating group) is 1. The summed E-state index contributed by atoms with van der Waals surface area (Å²) in [5, 5.41) is 13.3. The molecule has 1 fully saturated rings. The van der Waals surface area contributed by atoms with E-state index in [2.05, 4.69) is 27.1 Å². The van der Waals surface area contributed by atoms with E-state index >= 15 is 0 Å². The van der Waals surface area contributed by atoms with Gasteiger partial charge in [0.1, 0.15) is 0 Å². The van der Waals surface area contributed by atoms with E-state index in [1.54, 1.807) is 4.52 Å². The smallest absolute Gasteiger partial charge is 0.276 e. The first-order chi connectivity index (χ1) is 13.1. The molecule has 4 rings (SSSR count). The summed E-state index contributed by atoms with van der Waals surface area (Å²) in [7, 11) is 0. The standard InChI is InChI=1S/C20H24N6O/c1-4-24-10-12-25(13-11-24)20(27)18-15(3)26-19(22-21-18)17(14(2)23-26)16-8-6-5-7-9-16/h5-9H,4,10-13H2,1-3H3. The van der Waals surface area contributed by atoms with Crippen LogP contribution >= 0.6 is 0 Å². The van der Waals surface area contributed by atoms with Gasteiger partial charge in [-0.3, -0.25) is 4.79 Å². The third kappa shape index (κ3) is 3.08. The molecule has 0 aliphatic carbocycles. The number of rotatable bonds is 3. The van der Waals surface area contributed by atoms with Gasteiger partial charge in [0.2, 0.25) is 0 Å². The molecule has 0 N–H and O–H groups in total. The zero-order chi connectivity index (χ0) is 19.0. The molecule has 7 heteroatoms. The van der Waals surface area contributed by atoms with Crippen molar-refractivity contribution in [2.45, 2.75) is 20.8 Å². The van der Waals surface area contributed by atoms with Crippen LogP contribution < -0.4 is 0 Å². The number of benzene rings is 1. The largest absolute Gasteiger partial charge is 0.335 e. The van der Waals surface area contributed by atoms with Crippen molar-refractivity contribution in [1.82, 2.24) is 29.6 Å². The van der Waals surface area contributed by atoms with Crippen molar-refractivity contribution in [1.29, 1.82) is 0 Å². The lowest BCUT2D eigenvalue weighted by Gasteiger charge is -2.33. The Kier molecular flexibility index (Phi) is 4.61. The minimum absolute atomic E-state index is 0.0629. The van der Waals surface area contributed by atoms with Gasteiger partial charge in [-0.15, -0.1) is 10.2 Å². The van der Waals surface area contributed by atoms with Gasteiger partial charge in [-0.05, 0) is 26.0 Å². The monoisotopic (exact) mass is 364 g/mol. The molecule has 1 aromatic carbocycles. The molecule has 140 valence electrons. The lowest BCUT2D eigenvalue weighted by molar-refractivity contribution is 0.0634. The summed E-state index contributed by atoms with van der Waals surface area (Å²) in [5.74, 6) is -0.0629. The Morgan fingerprint density at radius 3 is 2.41 bits per heavy atom. The van der Waals surface area contributed by atoms with Gasteiger partial charge in [-0.25, -0.2) is 4.52 Å². The Balaban J connectivity index is 1.70. The van der Waals surface area contributed by atoms with Gasteiger partial charge < -0.3 is 9.80 Å². The van der Waals surface area contributed by atoms with Crippen LogP contribution in [0.1, 0.15) is 28.8 Å². The van der Waals surface area contributed by atoms with E-state index < -0.39 is 0 Å². The van der Waals surface area contributed by atoms with Crippen LogP contribution in [0, 0.1) is 13.8 Å². The van der Waals surface area contributed by atoms with Gasteiger partial charge >= 0.3 is 0 Å². The van der Waals surface area contributed by atoms with Crippen LogP contribution in [-0.2, 0) is 0 Å². The second-order valence-electron chi connectivity index (χ2n) is 6.92. The molecule has 1 aliphatic rings. The summed E-state index contributed by atoms with van der Waals surface area (Å²) < 4.78 is 1.75. The minimum atomic E-state index is -0.0629. The number of hydrogen-bond acceptors (Lipinski definition) is 5. The molecule has 1 aliphatic heterocycles. The molecule has 27 heavy (non-hydrogen) atoms. The fraction of sp³-hybridized carbons (Fsp3) is 0.400. The average Bonchev–Trinajstić information content (AvgIpc) is 3.05. The highest BCUT2D eigenvalue weighted by Gasteiger charge is 2.26. The Hall–Kier alpha value is -2.80. The Morgan fingerprint density at radius 2 is 1.74 bits per heavy atom. The van der Waals surface area contributed by atoms with Crippen LogP contribution in [0.2, 0.25) is 0 Å². The summed E-state index contributed by atoms with van der Waals surface area (Å²) in [4.78, 5) is 17.2. The second-order valence-corrected chi connectivity index (χ2v) is 6.92. The molecule has 3 heterocycles. The number of carbonyl (C=O) groups is 1. The molecule has 7 nitrogen and oxygen atoms in total. The number of aromatic nitrogens is 4. The van der Waals surface area contributed by atoms with E-state index in [-0.39, 0.29) is 5.91 Å². The highest BCUT2D eigenvalue weighted by molar-refractivity contribution is 5.93. The van der Waals surface area contributed by atoms with Crippen LogP contribution in [0.15, 0.2) is 30.3 Å². The van der Waals surface area contributed by atoms with Gasteiger partial charge in [0.15, 0.2) is 11.3 Å². The second kappa shape index (κ2) is 7.08. The lowest BCUT2D eigenvalue weighted by atomic mass is 10.1. The molecule has 3 aromatic rings. The quantitative estimate of drug-likeness (QED) is 0.713. The summed E-state index contributed by atoms with van der Waals surface area (Å²) in [6.07, 6.45) is 0. The molecular weight excluding hydrogens is 340 g/mol. The third-order valence-electron chi connectivity index (χ3n) is 5.31. The van der Waals surface area contributed by atoms with Crippen molar-refractivity contribution in [2.24, 2.45) is 0 Å².